The standard InChI is InChI=1S/C16H16BrF2N/c1-9-5-4-6-10(2)15(9)16(20-3)11-7-14(19)12(17)8-13(11)18/h4-8,16,20H,1-3H3. The van der Waals surface area contributed by atoms with Gasteiger partial charge in [0, 0.05) is 5.56 Å². The molecule has 1 nitrogen and oxygen atoms in total. The highest BCUT2D eigenvalue weighted by atomic mass is 79.9. The van der Waals surface area contributed by atoms with Gasteiger partial charge in [0.2, 0.25) is 0 Å². The fourth-order valence-corrected chi connectivity index (χ4v) is 2.81. The first-order valence-electron chi connectivity index (χ1n) is 6.33. The maximum atomic E-state index is 14.2. The molecule has 2 aromatic rings. The van der Waals surface area contributed by atoms with E-state index in [4.69, 9.17) is 0 Å². The van der Waals surface area contributed by atoms with Crippen LogP contribution in [-0.2, 0) is 0 Å². The average molecular weight is 340 g/mol. The molecule has 0 amide bonds. The molecule has 0 radical (unpaired) electrons. The largest absolute Gasteiger partial charge is 0.309 e. The van der Waals surface area contributed by atoms with Crippen molar-refractivity contribution in [3.05, 3.63) is 68.7 Å². The molecule has 0 fully saturated rings. The van der Waals surface area contributed by atoms with E-state index in [1.165, 1.54) is 12.1 Å². The SMILES string of the molecule is CNC(c1cc(F)c(Br)cc1F)c1c(C)cccc1C. The van der Waals surface area contributed by atoms with Crippen molar-refractivity contribution in [2.45, 2.75) is 19.9 Å². The summed E-state index contributed by atoms with van der Waals surface area (Å²) in [5, 5.41) is 3.08. The van der Waals surface area contributed by atoms with Crippen LogP contribution < -0.4 is 5.32 Å². The molecule has 0 spiro atoms. The predicted molar refractivity (Wildman–Crippen MR) is 80.9 cm³/mol. The van der Waals surface area contributed by atoms with Gasteiger partial charge in [-0.05, 0) is 65.6 Å². The Kier molecular flexibility index (Phi) is 4.55. The highest BCUT2D eigenvalue weighted by Gasteiger charge is 2.21. The molecule has 0 aliphatic carbocycles. The van der Waals surface area contributed by atoms with E-state index in [1.54, 1.807) is 7.05 Å². The van der Waals surface area contributed by atoms with Crippen molar-refractivity contribution in [3.63, 3.8) is 0 Å². The minimum Gasteiger partial charge on any atom is -0.309 e. The molecule has 2 rings (SSSR count). The summed E-state index contributed by atoms with van der Waals surface area (Å²) < 4.78 is 28.0. The molecule has 0 aromatic heterocycles. The van der Waals surface area contributed by atoms with Gasteiger partial charge < -0.3 is 5.32 Å². The van der Waals surface area contributed by atoms with E-state index < -0.39 is 11.6 Å². The lowest BCUT2D eigenvalue weighted by molar-refractivity contribution is 0.553. The van der Waals surface area contributed by atoms with E-state index in [9.17, 15) is 8.78 Å². The second kappa shape index (κ2) is 6.02. The number of halogens is 3. The summed E-state index contributed by atoms with van der Waals surface area (Å²) >= 11 is 3.00. The van der Waals surface area contributed by atoms with Crippen LogP contribution in [0.1, 0.15) is 28.3 Å². The van der Waals surface area contributed by atoms with E-state index in [0.717, 1.165) is 16.7 Å². The second-order valence-corrected chi connectivity index (χ2v) is 5.67. The summed E-state index contributed by atoms with van der Waals surface area (Å²) in [6.45, 7) is 3.94. The van der Waals surface area contributed by atoms with Crippen molar-refractivity contribution in [1.82, 2.24) is 5.32 Å². The van der Waals surface area contributed by atoms with E-state index in [2.05, 4.69) is 21.2 Å². The van der Waals surface area contributed by atoms with Crippen LogP contribution in [0.15, 0.2) is 34.8 Å². The molecule has 106 valence electrons. The van der Waals surface area contributed by atoms with Crippen LogP contribution in [0.2, 0.25) is 0 Å². The summed E-state index contributed by atoms with van der Waals surface area (Å²) in [6.07, 6.45) is 0. The first-order chi connectivity index (χ1) is 9.45. The Morgan fingerprint density at radius 3 is 2.20 bits per heavy atom. The van der Waals surface area contributed by atoms with Crippen molar-refractivity contribution < 1.29 is 8.78 Å². The van der Waals surface area contributed by atoms with Gasteiger partial charge in [0.1, 0.15) is 11.6 Å². The lowest BCUT2D eigenvalue weighted by Gasteiger charge is -2.22. The molecular formula is C16H16BrF2N. The number of hydrogen-bond acceptors (Lipinski definition) is 1. The van der Waals surface area contributed by atoms with Crippen molar-refractivity contribution in [2.75, 3.05) is 7.05 Å². The van der Waals surface area contributed by atoms with Crippen LogP contribution >= 0.6 is 15.9 Å². The van der Waals surface area contributed by atoms with Gasteiger partial charge in [-0.25, -0.2) is 8.78 Å². The highest BCUT2D eigenvalue weighted by Crippen LogP contribution is 2.31. The highest BCUT2D eigenvalue weighted by molar-refractivity contribution is 9.10. The Labute approximate surface area is 126 Å². The zero-order valence-corrected chi connectivity index (χ0v) is 13.2. The van der Waals surface area contributed by atoms with Crippen LogP contribution in [0.3, 0.4) is 0 Å². The second-order valence-electron chi connectivity index (χ2n) is 4.82. The fourth-order valence-electron chi connectivity index (χ4n) is 2.50. The minimum absolute atomic E-state index is 0.134. The molecule has 4 heteroatoms. The molecule has 1 unspecified atom stereocenters. The molecule has 2 aromatic carbocycles. The number of benzene rings is 2. The zero-order chi connectivity index (χ0) is 14.9. The number of nitrogens with one attached hydrogen (secondary N) is 1. The monoisotopic (exact) mass is 339 g/mol. The van der Waals surface area contributed by atoms with Crippen molar-refractivity contribution in [1.29, 1.82) is 0 Å². The lowest BCUT2D eigenvalue weighted by Crippen LogP contribution is -2.21. The third-order valence-corrected chi connectivity index (χ3v) is 4.08. The zero-order valence-electron chi connectivity index (χ0n) is 11.6. The Bertz CT molecular complexity index is 620. The smallest absolute Gasteiger partial charge is 0.137 e. The quantitative estimate of drug-likeness (QED) is 0.802. The summed E-state index contributed by atoms with van der Waals surface area (Å²) in [4.78, 5) is 0. The Morgan fingerprint density at radius 1 is 1.05 bits per heavy atom. The molecule has 1 atom stereocenters. The van der Waals surface area contributed by atoms with Gasteiger partial charge >= 0.3 is 0 Å². The molecule has 0 aliphatic heterocycles. The molecule has 1 N–H and O–H groups in total. The first kappa shape index (κ1) is 15.1. The van der Waals surface area contributed by atoms with Crippen LogP contribution in [0, 0.1) is 25.5 Å². The Hall–Kier alpha value is -1.26. The van der Waals surface area contributed by atoms with Gasteiger partial charge in [0.15, 0.2) is 0 Å². The van der Waals surface area contributed by atoms with Crippen LogP contribution in [0.4, 0.5) is 8.78 Å². The van der Waals surface area contributed by atoms with Gasteiger partial charge in [0.25, 0.3) is 0 Å². The molecule has 20 heavy (non-hydrogen) atoms. The predicted octanol–water partition coefficient (Wildman–Crippen LogP) is 4.65. The number of hydrogen-bond donors (Lipinski definition) is 1. The maximum absolute atomic E-state index is 14.2. The molecule has 0 aliphatic rings. The molecule has 0 saturated heterocycles. The van der Waals surface area contributed by atoms with Gasteiger partial charge in [-0.15, -0.1) is 0 Å². The Morgan fingerprint density at radius 2 is 1.65 bits per heavy atom. The van der Waals surface area contributed by atoms with Crippen molar-refractivity contribution in [3.8, 4) is 0 Å². The van der Waals surface area contributed by atoms with E-state index in [0.29, 0.717) is 5.56 Å². The lowest BCUT2D eigenvalue weighted by atomic mass is 9.91. The number of aryl methyl sites for hydroxylation is 2. The van der Waals surface area contributed by atoms with E-state index >= 15 is 0 Å². The molecule has 0 saturated carbocycles. The van der Waals surface area contributed by atoms with Gasteiger partial charge in [0.05, 0.1) is 10.5 Å². The van der Waals surface area contributed by atoms with Gasteiger partial charge in [-0.3, -0.25) is 0 Å². The fraction of sp³-hybridized carbons (Fsp3) is 0.250. The Balaban J connectivity index is 2.62. The van der Waals surface area contributed by atoms with Crippen molar-refractivity contribution in [2.24, 2.45) is 0 Å². The van der Waals surface area contributed by atoms with Crippen molar-refractivity contribution >= 4 is 15.9 Å². The summed E-state index contributed by atoms with van der Waals surface area (Å²) in [6, 6.07) is 7.94. The maximum Gasteiger partial charge on any atom is 0.137 e. The van der Waals surface area contributed by atoms with E-state index in [1.807, 2.05) is 32.0 Å². The first-order valence-corrected chi connectivity index (χ1v) is 7.12. The minimum atomic E-state index is -0.465. The summed E-state index contributed by atoms with van der Waals surface area (Å²) in [5.74, 6) is -0.895. The molecule has 0 heterocycles. The third-order valence-electron chi connectivity index (χ3n) is 3.47. The van der Waals surface area contributed by atoms with Crippen LogP contribution in [-0.4, -0.2) is 7.05 Å². The van der Waals surface area contributed by atoms with E-state index in [-0.39, 0.29) is 10.5 Å². The van der Waals surface area contributed by atoms with Gasteiger partial charge in [-0.2, -0.15) is 0 Å². The van der Waals surface area contributed by atoms with Crippen LogP contribution in [0.25, 0.3) is 0 Å². The van der Waals surface area contributed by atoms with Crippen LogP contribution in [0.5, 0.6) is 0 Å². The number of rotatable bonds is 3. The third kappa shape index (κ3) is 2.76. The summed E-state index contributed by atoms with van der Waals surface area (Å²) in [5.41, 5.74) is 3.39. The molecule has 0 bridgehead atoms. The summed E-state index contributed by atoms with van der Waals surface area (Å²) in [7, 11) is 1.75. The van der Waals surface area contributed by atoms with Gasteiger partial charge in [-0.1, -0.05) is 18.2 Å². The topological polar surface area (TPSA) is 12.0 Å². The normalized spacial score (nSPS) is 12.5. The molecular weight excluding hydrogens is 324 g/mol. The average Bonchev–Trinajstić information content (AvgIpc) is 2.39.